The van der Waals surface area contributed by atoms with E-state index in [4.69, 9.17) is 0 Å². The largest absolute Gasteiger partial charge is 0.304 e. The number of halogens is 3. The highest BCUT2D eigenvalue weighted by atomic mass is 79.9. The fraction of sp³-hybridized carbons (Fsp3) is 0.250. The molecule has 0 bridgehead atoms. The summed E-state index contributed by atoms with van der Waals surface area (Å²) >= 11 is 3.39. The van der Waals surface area contributed by atoms with E-state index >= 15 is 0 Å². The van der Waals surface area contributed by atoms with Gasteiger partial charge >= 0.3 is 0 Å². The lowest BCUT2D eigenvalue weighted by Gasteiger charge is -2.21. The van der Waals surface area contributed by atoms with Crippen LogP contribution in [0.3, 0.4) is 0 Å². The molecule has 20 heavy (non-hydrogen) atoms. The van der Waals surface area contributed by atoms with E-state index in [-0.39, 0.29) is 12.1 Å². The van der Waals surface area contributed by atoms with E-state index < -0.39 is 11.6 Å². The van der Waals surface area contributed by atoms with Crippen LogP contribution in [0.25, 0.3) is 0 Å². The van der Waals surface area contributed by atoms with Gasteiger partial charge in [-0.25, -0.2) is 8.78 Å². The van der Waals surface area contributed by atoms with Crippen LogP contribution in [0.4, 0.5) is 8.78 Å². The number of benzene rings is 2. The van der Waals surface area contributed by atoms with Crippen LogP contribution in [0.1, 0.15) is 37.1 Å². The van der Waals surface area contributed by atoms with Crippen molar-refractivity contribution < 1.29 is 8.78 Å². The van der Waals surface area contributed by atoms with E-state index in [1.54, 1.807) is 0 Å². The van der Waals surface area contributed by atoms with Gasteiger partial charge in [-0.3, -0.25) is 0 Å². The Morgan fingerprint density at radius 2 is 1.60 bits per heavy atom. The molecule has 0 heterocycles. The molecule has 1 unspecified atom stereocenters. The summed E-state index contributed by atoms with van der Waals surface area (Å²) in [6.45, 7) is 3.88. The lowest BCUT2D eigenvalue weighted by Crippen LogP contribution is -2.23. The Morgan fingerprint density at radius 1 is 0.950 bits per heavy atom. The van der Waals surface area contributed by atoms with E-state index in [9.17, 15) is 8.78 Å². The molecule has 0 aliphatic heterocycles. The van der Waals surface area contributed by atoms with Crippen LogP contribution in [0.5, 0.6) is 0 Å². The number of rotatable bonds is 4. The molecule has 2 aromatic rings. The first-order chi connectivity index (χ1) is 9.47. The van der Waals surface area contributed by atoms with Gasteiger partial charge in [-0.15, -0.1) is 0 Å². The quantitative estimate of drug-likeness (QED) is 0.813. The van der Waals surface area contributed by atoms with Gasteiger partial charge in [-0.2, -0.15) is 0 Å². The second-order valence-electron chi connectivity index (χ2n) is 4.83. The molecule has 0 fully saturated rings. The van der Waals surface area contributed by atoms with E-state index in [1.807, 2.05) is 38.1 Å². The SMILES string of the molecule is CC(N[C@H](C)c1ccc(Br)cc1)c1ccc(F)cc1F. The van der Waals surface area contributed by atoms with E-state index in [0.29, 0.717) is 5.56 Å². The van der Waals surface area contributed by atoms with Gasteiger partial charge in [0.05, 0.1) is 0 Å². The first kappa shape index (κ1) is 15.1. The van der Waals surface area contributed by atoms with Crippen molar-refractivity contribution in [2.45, 2.75) is 25.9 Å². The molecule has 0 saturated heterocycles. The van der Waals surface area contributed by atoms with Crippen molar-refractivity contribution >= 4 is 15.9 Å². The summed E-state index contributed by atoms with van der Waals surface area (Å²) in [5, 5.41) is 3.31. The van der Waals surface area contributed by atoms with Gasteiger partial charge in [0.1, 0.15) is 11.6 Å². The van der Waals surface area contributed by atoms with Crippen molar-refractivity contribution in [2.24, 2.45) is 0 Å². The van der Waals surface area contributed by atoms with Crippen molar-refractivity contribution in [3.8, 4) is 0 Å². The maximum absolute atomic E-state index is 13.7. The molecular formula is C16H16BrF2N. The molecule has 1 nitrogen and oxygen atoms in total. The van der Waals surface area contributed by atoms with Crippen molar-refractivity contribution in [3.63, 3.8) is 0 Å². The summed E-state index contributed by atoms with van der Waals surface area (Å²) in [6, 6.07) is 11.5. The molecule has 0 radical (unpaired) electrons. The predicted molar refractivity (Wildman–Crippen MR) is 80.5 cm³/mol. The zero-order valence-corrected chi connectivity index (χ0v) is 12.9. The zero-order chi connectivity index (χ0) is 14.7. The lowest BCUT2D eigenvalue weighted by molar-refractivity contribution is 0.470. The highest BCUT2D eigenvalue weighted by Crippen LogP contribution is 2.23. The fourth-order valence-electron chi connectivity index (χ4n) is 2.17. The topological polar surface area (TPSA) is 12.0 Å². The van der Waals surface area contributed by atoms with Crippen LogP contribution >= 0.6 is 15.9 Å². The monoisotopic (exact) mass is 339 g/mol. The third kappa shape index (κ3) is 3.64. The average Bonchev–Trinajstić information content (AvgIpc) is 2.39. The molecule has 2 atom stereocenters. The van der Waals surface area contributed by atoms with Gasteiger partial charge in [0.2, 0.25) is 0 Å². The van der Waals surface area contributed by atoms with Crippen LogP contribution in [0, 0.1) is 11.6 Å². The van der Waals surface area contributed by atoms with Gasteiger partial charge in [0, 0.05) is 28.2 Å². The van der Waals surface area contributed by atoms with Gasteiger partial charge in [-0.1, -0.05) is 34.1 Å². The van der Waals surface area contributed by atoms with E-state index in [0.717, 1.165) is 16.1 Å². The van der Waals surface area contributed by atoms with Crippen molar-refractivity contribution in [2.75, 3.05) is 0 Å². The van der Waals surface area contributed by atoms with Crippen LogP contribution in [0.15, 0.2) is 46.9 Å². The number of hydrogen-bond acceptors (Lipinski definition) is 1. The third-order valence-electron chi connectivity index (χ3n) is 3.30. The standard InChI is InChI=1S/C16H16BrF2N/c1-10(12-3-5-13(17)6-4-12)20-11(2)15-8-7-14(18)9-16(15)19/h3-11,20H,1-2H3/t10-,11?/m1/s1. The summed E-state index contributed by atoms with van der Waals surface area (Å²) in [7, 11) is 0. The minimum atomic E-state index is -0.556. The number of hydrogen-bond donors (Lipinski definition) is 1. The highest BCUT2D eigenvalue weighted by Gasteiger charge is 2.14. The van der Waals surface area contributed by atoms with E-state index in [2.05, 4.69) is 21.2 Å². The summed E-state index contributed by atoms with van der Waals surface area (Å²) in [4.78, 5) is 0. The van der Waals surface area contributed by atoms with Crippen LogP contribution in [0.2, 0.25) is 0 Å². The maximum Gasteiger partial charge on any atom is 0.130 e. The molecule has 0 amide bonds. The van der Waals surface area contributed by atoms with Gasteiger partial charge < -0.3 is 5.32 Å². The maximum atomic E-state index is 13.7. The molecule has 0 saturated carbocycles. The molecule has 2 rings (SSSR count). The molecule has 2 aromatic carbocycles. The first-order valence-electron chi connectivity index (χ1n) is 6.44. The molecule has 4 heteroatoms. The Balaban J connectivity index is 2.10. The first-order valence-corrected chi connectivity index (χ1v) is 7.23. The van der Waals surface area contributed by atoms with Gasteiger partial charge in [-0.05, 0) is 37.6 Å². The summed E-state index contributed by atoms with van der Waals surface area (Å²) in [5.74, 6) is -1.08. The Bertz CT molecular complexity index is 584. The smallest absolute Gasteiger partial charge is 0.130 e. The Kier molecular flexibility index (Phi) is 4.89. The summed E-state index contributed by atoms with van der Waals surface area (Å²) < 4.78 is 27.7. The van der Waals surface area contributed by atoms with Crippen molar-refractivity contribution in [3.05, 3.63) is 69.7 Å². The highest BCUT2D eigenvalue weighted by molar-refractivity contribution is 9.10. The molecule has 0 aliphatic rings. The van der Waals surface area contributed by atoms with E-state index in [1.165, 1.54) is 12.1 Å². The second-order valence-corrected chi connectivity index (χ2v) is 5.74. The molecular weight excluding hydrogens is 324 g/mol. The fourth-order valence-corrected chi connectivity index (χ4v) is 2.43. The minimum Gasteiger partial charge on any atom is -0.304 e. The normalized spacial score (nSPS) is 14.1. The molecule has 106 valence electrons. The van der Waals surface area contributed by atoms with Crippen LogP contribution in [-0.4, -0.2) is 0 Å². The average molecular weight is 340 g/mol. The summed E-state index contributed by atoms with van der Waals surface area (Å²) in [6.07, 6.45) is 0. The minimum absolute atomic E-state index is 0.0718. The third-order valence-corrected chi connectivity index (χ3v) is 3.83. The number of nitrogens with one attached hydrogen (secondary N) is 1. The Labute approximate surface area is 126 Å². The van der Waals surface area contributed by atoms with Gasteiger partial charge in [0.25, 0.3) is 0 Å². The lowest BCUT2D eigenvalue weighted by atomic mass is 10.0. The van der Waals surface area contributed by atoms with Crippen LogP contribution in [-0.2, 0) is 0 Å². The van der Waals surface area contributed by atoms with Crippen LogP contribution < -0.4 is 5.32 Å². The molecule has 0 aliphatic carbocycles. The van der Waals surface area contributed by atoms with Gasteiger partial charge in [0.15, 0.2) is 0 Å². The Morgan fingerprint density at radius 3 is 2.20 bits per heavy atom. The predicted octanol–water partition coefficient (Wildman–Crippen LogP) is 5.14. The zero-order valence-electron chi connectivity index (χ0n) is 11.3. The Hall–Kier alpha value is -1.26. The molecule has 1 N–H and O–H groups in total. The molecule has 0 aromatic heterocycles. The molecule has 0 spiro atoms. The second kappa shape index (κ2) is 6.46. The van der Waals surface area contributed by atoms with Crippen molar-refractivity contribution in [1.82, 2.24) is 5.32 Å². The summed E-state index contributed by atoms with van der Waals surface area (Å²) in [5.41, 5.74) is 1.58. The van der Waals surface area contributed by atoms with Crippen molar-refractivity contribution in [1.29, 1.82) is 0 Å².